The van der Waals surface area contributed by atoms with Crippen LogP contribution in [0, 0.1) is 13.8 Å². The van der Waals surface area contributed by atoms with Crippen LogP contribution in [-0.2, 0) is 9.59 Å². The van der Waals surface area contributed by atoms with Crippen LogP contribution < -0.4 is 20.7 Å². The van der Waals surface area contributed by atoms with Gasteiger partial charge < -0.3 is 20.7 Å². The van der Waals surface area contributed by atoms with Crippen LogP contribution in [0.3, 0.4) is 0 Å². The molecule has 0 bridgehead atoms. The number of rotatable bonds is 4. The molecule has 1 aliphatic rings. The first kappa shape index (κ1) is 18.1. The molecule has 3 rings (SSSR count). The highest BCUT2D eigenvalue weighted by Gasteiger charge is 2.28. The highest BCUT2D eigenvalue weighted by molar-refractivity contribution is 6.32. The van der Waals surface area contributed by atoms with Crippen molar-refractivity contribution in [3.8, 4) is 5.75 Å². The third-order valence-corrected chi connectivity index (χ3v) is 4.66. The van der Waals surface area contributed by atoms with E-state index >= 15 is 0 Å². The fourth-order valence-corrected chi connectivity index (χ4v) is 3.06. The number of ether oxygens (including phenoxy) is 1. The number of anilines is 3. The van der Waals surface area contributed by atoms with Crippen molar-refractivity contribution in [1.29, 1.82) is 0 Å². The Kier molecular flexibility index (Phi) is 5.04. The van der Waals surface area contributed by atoms with Gasteiger partial charge in [-0.3, -0.25) is 9.59 Å². The van der Waals surface area contributed by atoms with Crippen LogP contribution in [0.1, 0.15) is 17.5 Å². The summed E-state index contributed by atoms with van der Waals surface area (Å²) in [5.74, 6) is 0.00935. The largest absolute Gasteiger partial charge is 0.495 e. The molecule has 0 saturated carbocycles. The van der Waals surface area contributed by atoms with Gasteiger partial charge in [0.15, 0.2) is 0 Å². The first-order chi connectivity index (χ1) is 12.4. The van der Waals surface area contributed by atoms with Crippen LogP contribution >= 0.6 is 11.6 Å². The van der Waals surface area contributed by atoms with Crippen molar-refractivity contribution in [2.45, 2.75) is 26.3 Å². The maximum atomic E-state index is 12.3. The van der Waals surface area contributed by atoms with Crippen molar-refractivity contribution in [2.75, 3.05) is 23.1 Å². The number of aryl methyl sites for hydroxylation is 2. The van der Waals surface area contributed by atoms with Gasteiger partial charge in [-0.15, -0.1) is 0 Å². The Morgan fingerprint density at radius 3 is 2.54 bits per heavy atom. The van der Waals surface area contributed by atoms with Crippen LogP contribution in [0.25, 0.3) is 0 Å². The molecule has 1 aliphatic heterocycles. The van der Waals surface area contributed by atoms with Gasteiger partial charge in [0.1, 0.15) is 11.8 Å². The fraction of sp³-hybridized carbons (Fsp3) is 0.263. The molecule has 0 aromatic heterocycles. The molecule has 3 N–H and O–H groups in total. The Morgan fingerprint density at radius 1 is 1.19 bits per heavy atom. The van der Waals surface area contributed by atoms with E-state index in [9.17, 15) is 9.59 Å². The van der Waals surface area contributed by atoms with Crippen molar-refractivity contribution in [3.63, 3.8) is 0 Å². The normalized spacial score (nSPS) is 15.5. The van der Waals surface area contributed by atoms with Crippen molar-refractivity contribution in [1.82, 2.24) is 0 Å². The quantitative estimate of drug-likeness (QED) is 0.763. The Morgan fingerprint density at radius 2 is 1.88 bits per heavy atom. The van der Waals surface area contributed by atoms with Crippen molar-refractivity contribution >= 4 is 40.5 Å². The van der Waals surface area contributed by atoms with Crippen LogP contribution in [0.5, 0.6) is 5.75 Å². The lowest BCUT2D eigenvalue weighted by molar-refractivity contribution is -0.122. The van der Waals surface area contributed by atoms with Crippen LogP contribution in [0.2, 0.25) is 5.02 Å². The van der Waals surface area contributed by atoms with E-state index in [0.717, 1.165) is 22.5 Å². The summed E-state index contributed by atoms with van der Waals surface area (Å²) in [4.78, 5) is 24.6. The summed E-state index contributed by atoms with van der Waals surface area (Å²) in [5.41, 5.74) is 4.31. The van der Waals surface area contributed by atoms with E-state index in [4.69, 9.17) is 16.3 Å². The zero-order valence-corrected chi connectivity index (χ0v) is 15.5. The van der Waals surface area contributed by atoms with Gasteiger partial charge in [0.05, 0.1) is 29.9 Å². The summed E-state index contributed by atoms with van der Waals surface area (Å²) in [5, 5.41) is 9.14. The van der Waals surface area contributed by atoms with Crippen LogP contribution in [0.4, 0.5) is 17.1 Å². The number of nitrogens with one attached hydrogen (secondary N) is 3. The van der Waals surface area contributed by atoms with Gasteiger partial charge in [0, 0.05) is 5.69 Å². The lowest BCUT2D eigenvalue weighted by Crippen LogP contribution is -2.41. The minimum absolute atomic E-state index is 0.00183. The van der Waals surface area contributed by atoms with Crippen molar-refractivity contribution < 1.29 is 14.3 Å². The first-order valence-corrected chi connectivity index (χ1v) is 8.57. The second-order valence-electron chi connectivity index (χ2n) is 6.27. The van der Waals surface area contributed by atoms with Gasteiger partial charge in [0.25, 0.3) is 0 Å². The van der Waals surface area contributed by atoms with Gasteiger partial charge in [-0.25, -0.2) is 0 Å². The van der Waals surface area contributed by atoms with E-state index in [-0.39, 0.29) is 18.2 Å². The molecule has 136 valence electrons. The van der Waals surface area contributed by atoms with Gasteiger partial charge in [-0.2, -0.15) is 0 Å². The molecule has 0 unspecified atom stereocenters. The van der Waals surface area contributed by atoms with E-state index in [1.165, 1.54) is 7.11 Å². The van der Waals surface area contributed by atoms with Gasteiger partial charge in [-0.1, -0.05) is 11.6 Å². The van der Waals surface area contributed by atoms with Crippen LogP contribution in [-0.4, -0.2) is 25.0 Å². The fourth-order valence-electron chi connectivity index (χ4n) is 2.80. The predicted molar refractivity (Wildman–Crippen MR) is 103 cm³/mol. The SMILES string of the molecule is COc1ccc(NC(=O)C[C@@H]2Nc3cc(C)c(C)cc3NC2=O)cc1Cl. The topological polar surface area (TPSA) is 79.5 Å². The molecule has 2 aromatic rings. The Hall–Kier alpha value is -2.73. The van der Waals surface area contributed by atoms with Gasteiger partial charge in [0.2, 0.25) is 11.8 Å². The molecular weight excluding hydrogens is 354 g/mol. The second kappa shape index (κ2) is 7.25. The van der Waals surface area contributed by atoms with Gasteiger partial charge in [-0.05, 0) is 55.3 Å². The molecule has 1 heterocycles. The molecule has 0 radical (unpaired) electrons. The monoisotopic (exact) mass is 373 g/mol. The lowest BCUT2D eigenvalue weighted by atomic mass is 10.0. The minimum Gasteiger partial charge on any atom is -0.495 e. The maximum absolute atomic E-state index is 12.3. The number of methoxy groups -OCH3 is 1. The highest BCUT2D eigenvalue weighted by Crippen LogP contribution is 2.31. The second-order valence-corrected chi connectivity index (χ2v) is 6.68. The highest BCUT2D eigenvalue weighted by atomic mass is 35.5. The first-order valence-electron chi connectivity index (χ1n) is 8.19. The van der Waals surface area contributed by atoms with E-state index in [1.54, 1.807) is 18.2 Å². The number of halogens is 1. The number of benzene rings is 2. The molecule has 2 amide bonds. The minimum atomic E-state index is -0.640. The smallest absolute Gasteiger partial charge is 0.247 e. The number of hydrogen-bond donors (Lipinski definition) is 3. The summed E-state index contributed by atoms with van der Waals surface area (Å²) >= 11 is 6.06. The Bertz CT molecular complexity index is 883. The molecule has 26 heavy (non-hydrogen) atoms. The zero-order chi connectivity index (χ0) is 18.8. The molecule has 0 aliphatic carbocycles. The molecule has 0 spiro atoms. The predicted octanol–water partition coefficient (Wildman–Crippen LogP) is 3.73. The summed E-state index contributed by atoms with van der Waals surface area (Å²) < 4.78 is 5.08. The molecular formula is C19H20ClN3O3. The Balaban J connectivity index is 1.68. The molecule has 7 heteroatoms. The molecule has 2 aromatic carbocycles. The molecule has 0 saturated heterocycles. The van der Waals surface area contributed by atoms with E-state index < -0.39 is 6.04 Å². The lowest BCUT2D eigenvalue weighted by Gasteiger charge is -2.27. The van der Waals surface area contributed by atoms with E-state index in [1.807, 2.05) is 26.0 Å². The number of carbonyl (C=O) groups excluding carboxylic acids is 2. The summed E-state index contributed by atoms with van der Waals surface area (Å²) in [6.45, 7) is 3.99. The Labute approximate surface area is 156 Å². The number of amides is 2. The zero-order valence-electron chi connectivity index (χ0n) is 14.8. The number of hydrogen-bond acceptors (Lipinski definition) is 4. The molecule has 0 fully saturated rings. The maximum Gasteiger partial charge on any atom is 0.247 e. The average Bonchev–Trinajstić information content (AvgIpc) is 2.57. The number of fused-ring (bicyclic) bond motifs is 1. The van der Waals surface area contributed by atoms with Gasteiger partial charge >= 0.3 is 0 Å². The molecule has 6 nitrogen and oxygen atoms in total. The molecule has 1 atom stereocenters. The van der Waals surface area contributed by atoms with Crippen molar-refractivity contribution in [2.24, 2.45) is 0 Å². The van der Waals surface area contributed by atoms with Crippen molar-refractivity contribution in [3.05, 3.63) is 46.5 Å². The number of carbonyl (C=O) groups is 2. The standard InChI is InChI=1S/C19H20ClN3O3/c1-10-6-14-15(7-11(10)2)23-19(25)16(22-14)9-18(24)21-12-4-5-17(26-3)13(20)8-12/h4-8,16,22H,9H2,1-3H3,(H,21,24)(H,23,25)/t16-/m0/s1. The van der Waals surface area contributed by atoms with E-state index in [0.29, 0.717) is 16.5 Å². The third kappa shape index (κ3) is 3.75. The average molecular weight is 374 g/mol. The third-order valence-electron chi connectivity index (χ3n) is 4.36. The summed E-state index contributed by atoms with van der Waals surface area (Å²) in [6.07, 6.45) is 0.00183. The van der Waals surface area contributed by atoms with Crippen LogP contribution in [0.15, 0.2) is 30.3 Å². The van der Waals surface area contributed by atoms with E-state index in [2.05, 4.69) is 16.0 Å². The summed E-state index contributed by atoms with van der Waals surface area (Å²) in [6, 6.07) is 8.22. The summed E-state index contributed by atoms with van der Waals surface area (Å²) in [7, 11) is 1.52.